The van der Waals surface area contributed by atoms with Gasteiger partial charge in [0.15, 0.2) is 0 Å². The fraction of sp³-hybridized carbons (Fsp3) is 0.185. The molecular weight excluding hydrogens is 448 g/mol. The molecule has 0 N–H and O–H groups in total. The van der Waals surface area contributed by atoms with Gasteiger partial charge in [-0.25, -0.2) is 4.90 Å². The third-order valence-electron chi connectivity index (χ3n) is 6.01. The molecule has 0 aliphatic carbocycles. The number of carbonyl (C=O) groups excluding carboxylic acids is 4. The summed E-state index contributed by atoms with van der Waals surface area (Å²) in [6.45, 7) is 2.64. The van der Waals surface area contributed by atoms with E-state index >= 15 is 0 Å². The molecule has 2 aliphatic heterocycles. The molecule has 2 aliphatic rings. The van der Waals surface area contributed by atoms with E-state index < -0.39 is 23.7 Å². The smallest absolute Gasteiger partial charge is 0.316 e. The van der Waals surface area contributed by atoms with E-state index in [1.807, 2.05) is 6.92 Å². The maximum absolute atomic E-state index is 12.8. The quantitative estimate of drug-likeness (QED) is 0.309. The Morgan fingerprint density at radius 1 is 0.857 bits per heavy atom. The number of rotatable bonds is 6. The lowest BCUT2D eigenvalue weighted by molar-refractivity contribution is -0.139. The van der Waals surface area contributed by atoms with E-state index in [-0.39, 0.29) is 24.6 Å². The second-order valence-electron chi connectivity index (χ2n) is 8.24. The summed E-state index contributed by atoms with van der Waals surface area (Å²) < 4.78 is 11.0. The molecule has 176 valence electrons. The number of ether oxygens (including phenoxy) is 2. The average molecular weight is 470 g/mol. The minimum Gasteiger partial charge on any atom is -0.494 e. The Labute approximate surface area is 201 Å². The van der Waals surface area contributed by atoms with E-state index in [4.69, 9.17) is 9.47 Å². The standard InChI is InChI=1S/C27H22N2O6/c1-2-34-20-12-10-18(11-13-20)28-16-17(14-24(28)30)27(33)35-21-7-5-6-19(15-21)29-25(31)22-8-3-4-9-23(22)26(29)32/h3-13,15,17H,2,14,16H2,1H3. The summed E-state index contributed by atoms with van der Waals surface area (Å²) in [5, 5.41) is 0. The van der Waals surface area contributed by atoms with Crippen LogP contribution in [0.2, 0.25) is 0 Å². The van der Waals surface area contributed by atoms with Crippen molar-refractivity contribution in [1.29, 1.82) is 0 Å². The monoisotopic (exact) mass is 470 g/mol. The lowest BCUT2D eigenvalue weighted by Gasteiger charge is -2.17. The van der Waals surface area contributed by atoms with Crippen molar-refractivity contribution in [3.63, 3.8) is 0 Å². The van der Waals surface area contributed by atoms with Crippen LogP contribution in [0.15, 0.2) is 72.8 Å². The van der Waals surface area contributed by atoms with Crippen molar-refractivity contribution in [2.24, 2.45) is 5.92 Å². The second-order valence-corrected chi connectivity index (χ2v) is 8.24. The molecule has 3 aromatic carbocycles. The summed E-state index contributed by atoms with van der Waals surface area (Å²) in [5.74, 6) is -1.32. The Bertz CT molecular complexity index is 1300. The van der Waals surface area contributed by atoms with Gasteiger partial charge in [-0.3, -0.25) is 19.2 Å². The average Bonchev–Trinajstić information content (AvgIpc) is 3.37. The first-order valence-corrected chi connectivity index (χ1v) is 11.3. The molecule has 0 spiro atoms. The summed E-state index contributed by atoms with van der Waals surface area (Å²) in [7, 11) is 0. The molecule has 0 saturated carbocycles. The molecule has 3 aromatic rings. The highest BCUT2D eigenvalue weighted by atomic mass is 16.5. The van der Waals surface area contributed by atoms with Crippen molar-refractivity contribution in [2.45, 2.75) is 13.3 Å². The molecule has 0 aromatic heterocycles. The molecule has 8 heteroatoms. The molecular formula is C27H22N2O6. The third-order valence-corrected chi connectivity index (χ3v) is 6.01. The molecule has 8 nitrogen and oxygen atoms in total. The zero-order chi connectivity index (χ0) is 24.5. The summed E-state index contributed by atoms with van der Waals surface area (Å²) >= 11 is 0. The molecule has 1 fully saturated rings. The van der Waals surface area contributed by atoms with Crippen molar-refractivity contribution < 1.29 is 28.7 Å². The van der Waals surface area contributed by atoms with Gasteiger partial charge in [-0.05, 0) is 55.5 Å². The molecule has 35 heavy (non-hydrogen) atoms. The summed E-state index contributed by atoms with van der Waals surface area (Å²) in [5.41, 5.74) is 1.65. The number of hydrogen-bond acceptors (Lipinski definition) is 6. The first-order chi connectivity index (χ1) is 17.0. The van der Waals surface area contributed by atoms with Crippen molar-refractivity contribution in [3.8, 4) is 11.5 Å². The molecule has 1 unspecified atom stereocenters. The Balaban J connectivity index is 1.28. The lowest BCUT2D eigenvalue weighted by atomic mass is 10.1. The number of imide groups is 1. The van der Waals surface area contributed by atoms with Gasteiger partial charge in [-0.2, -0.15) is 0 Å². The van der Waals surface area contributed by atoms with Crippen molar-refractivity contribution in [2.75, 3.05) is 23.0 Å². The first-order valence-electron chi connectivity index (χ1n) is 11.3. The van der Waals surface area contributed by atoms with Gasteiger partial charge in [0.05, 0.1) is 29.3 Å². The highest BCUT2D eigenvalue weighted by Gasteiger charge is 2.38. The fourth-order valence-corrected chi connectivity index (χ4v) is 4.31. The summed E-state index contributed by atoms with van der Waals surface area (Å²) in [4.78, 5) is 53.6. The molecule has 0 radical (unpaired) electrons. The highest BCUT2D eigenvalue weighted by molar-refractivity contribution is 6.34. The Morgan fingerprint density at radius 2 is 1.54 bits per heavy atom. The van der Waals surface area contributed by atoms with Crippen LogP contribution in [0.25, 0.3) is 0 Å². The fourth-order valence-electron chi connectivity index (χ4n) is 4.31. The van der Waals surface area contributed by atoms with Gasteiger partial charge in [0.25, 0.3) is 11.8 Å². The minimum atomic E-state index is -0.642. The van der Waals surface area contributed by atoms with Gasteiger partial charge >= 0.3 is 5.97 Å². The largest absolute Gasteiger partial charge is 0.494 e. The van der Waals surface area contributed by atoms with Gasteiger partial charge in [0.1, 0.15) is 11.5 Å². The van der Waals surface area contributed by atoms with Crippen LogP contribution in [0, 0.1) is 5.92 Å². The van der Waals surface area contributed by atoms with Gasteiger partial charge in [-0.15, -0.1) is 0 Å². The zero-order valence-electron chi connectivity index (χ0n) is 19.0. The van der Waals surface area contributed by atoms with Gasteiger partial charge < -0.3 is 14.4 Å². The maximum atomic E-state index is 12.8. The van der Waals surface area contributed by atoms with Crippen molar-refractivity contribution in [1.82, 2.24) is 0 Å². The van der Waals surface area contributed by atoms with Crippen LogP contribution in [-0.4, -0.2) is 36.8 Å². The number of benzene rings is 3. The van der Waals surface area contributed by atoms with Crippen molar-refractivity contribution >= 4 is 35.1 Å². The van der Waals surface area contributed by atoms with E-state index in [1.165, 1.54) is 6.07 Å². The van der Waals surface area contributed by atoms with Crippen LogP contribution in [0.3, 0.4) is 0 Å². The minimum absolute atomic E-state index is 0.0319. The molecule has 3 amide bonds. The topological polar surface area (TPSA) is 93.2 Å². The van der Waals surface area contributed by atoms with E-state index in [2.05, 4.69) is 0 Å². The van der Waals surface area contributed by atoms with Crippen LogP contribution < -0.4 is 19.3 Å². The number of esters is 1. The lowest BCUT2D eigenvalue weighted by Crippen LogP contribution is -2.29. The van der Waals surface area contributed by atoms with Crippen LogP contribution in [0.5, 0.6) is 11.5 Å². The zero-order valence-corrected chi connectivity index (χ0v) is 19.0. The third kappa shape index (κ3) is 4.14. The van der Waals surface area contributed by atoms with E-state index in [1.54, 1.807) is 71.6 Å². The normalized spacial score (nSPS) is 17.1. The Hall–Kier alpha value is -4.46. The highest BCUT2D eigenvalue weighted by Crippen LogP contribution is 2.32. The van der Waals surface area contributed by atoms with E-state index in [9.17, 15) is 19.2 Å². The summed E-state index contributed by atoms with van der Waals surface area (Å²) in [6, 6.07) is 20.0. The van der Waals surface area contributed by atoms with E-state index in [0.717, 1.165) is 4.90 Å². The van der Waals surface area contributed by atoms with Gasteiger partial charge in [0, 0.05) is 24.7 Å². The molecule has 0 bridgehead atoms. The number of fused-ring (bicyclic) bond motifs is 1. The Morgan fingerprint density at radius 3 is 2.20 bits per heavy atom. The molecule has 1 saturated heterocycles. The number of nitrogens with zero attached hydrogens (tertiary/aromatic N) is 2. The molecule has 1 atom stereocenters. The van der Waals surface area contributed by atoms with Crippen LogP contribution in [-0.2, 0) is 9.59 Å². The van der Waals surface area contributed by atoms with Crippen LogP contribution >= 0.6 is 0 Å². The summed E-state index contributed by atoms with van der Waals surface area (Å²) in [6.07, 6.45) is 0.0319. The van der Waals surface area contributed by atoms with Crippen LogP contribution in [0.1, 0.15) is 34.1 Å². The van der Waals surface area contributed by atoms with E-state index in [0.29, 0.717) is 34.9 Å². The SMILES string of the molecule is CCOc1ccc(N2CC(C(=O)Oc3cccc(N4C(=O)c5ccccc5C4=O)c3)CC2=O)cc1. The number of carbonyl (C=O) groups is 4. The number of amides is 3. The van der Waals surface area contributed by atoms with Crippen LogP contribution in [0.4, 0.5) is 11.4 Å². The molecule has 5 rings (SSSR count). The van der Waals surface area contributed by atoms with Gasteiger partial charge in [-0.1, -0.05) is 18.2 Å². The number of anilines is 2. The van der Waals surface area contributed by atoms with Crippen molar-refractivity contribution in [3.05, 3.63) is 83.9 Å². The number of hydrogen-bond donors (Lipinski definition) is 0. The molecule has 2 heterocycles. The second kappa shape index (κ2) is 9.06. The first kappa shape index (κ1) is 22.3. The maximum Gasteiger partial charge on any atom is 0.316 e. The predicted octanol–water partition coefficient (Wildman–Crippen LogP) is 3.84. The Kier molecular flexibility index (Phi) is 5.78. The van der Waals surface area contributed by atoms with Gasteiger partial charge in [0.2, 0.25) is 5.91 Å². The predicted molar refractivity (Wildman–Crippen MR) is 128 cm³/mol.